The van der Waals surface area contributed by atoms with Gasteiger partial charge in [0.25, 0.3) is 5.56 Å². The maximum atomic E-state index is 12.8. The van der Waals surface area contributed by atoms with Gasteiger partial charge in [-0.3, -0.25) is 23.5 Å². The normalized spacial score (nSPS) is 11.8. The minimum atomic E-state index is -0.912. The molecule has 1 unspecified atom stereocenters. The first-order chi connectivity index (χ1) is 21.2. The summed E-state index contributed by atoms with van der Waals surface area (Å²) in [5, 5.41) is 5.37. The SMILES string of the molecule is Cn1cnc2c1c(=O)n(CCCCCCCCCCCNC(=O)C(CCC(N)=O)NC(=O)OCc1ccccc1)c(=O)n2C. The summed E-state index contributed by atoms with van der Waals surface area (Å²) in [6, 6.07) is 8.28. The molecule has 0 bridgehead atoms. The fourth-order valence-corrected chi connectivity index (χ4v) is 5.02. The van der Waals surface area contributed by atoms with Crippen LogP contribution in [0.5, 0.6) is 0 Å². The summed E-state index contributed by atoms with van der Waals surface area (Å²) < 4.78 is 9.57. The highest BCUT2D eigenvalue weighted by Gasteiger charge is 2.22. The van der Waals surface area contributed by atoms with Crippen molar-refractivity contribution >= 4 is 29.1 Å². The summed E-state index contributed by atoms with van der Waals surface area (Å²) in [6.45, 7) is 0.935. The number of carbonyl (C=O) groups is 3. The first kappa shape index (κ1) is 34.1. The number of hydrogen-bond donors (Lipinski definition) is 3. The average Bonchev–Trinajstić information content (AvgIpc) is 3.40. The van der Waals surface area contributed by atoms with Gasteiger partial charge < -0.3 is 25.7 Å². The van der Waals surface area contributed by atoms with Crippen molar-refractivity contribution in [2.75, 3.05) is 6.54 Å². The first-order valence-electron chi connectivity index (χ1n) is 15.3. The highest BCUT2D eigenvalue weighted by molar-refractivity contribution is 5.86. The lowest BCUT2D eigenvalue weighted by Gasteiger charge is -2.18. The molecule has 3 aromatic rings. The minimum absolute atomic E-state index is 0.0327. The van der Waals surface area contributed by atoms with Gasteiger partial charge in [-0.25, -0.2) is 14.6 Å². The smallest absolute Gasteiger partial charge is 0.408 e. The van der Waals surface area contributed by atoms with Crippen LogP contribution in [0.2, 0.25) is 0 Å². The van der Waals surface area contributed by atoms with E-state index >= 15 is 0 Å². The second-order valence-electron chi connectivity index (χ2n) is 11.1. The Labute approximate surface area is 256 Å². The Morgan fingerprint density at radius 2 is 1.57 bits per heavy atom. The molecule has 44 heavy (non-hydrogen) atoms. The summed E-state index contributed by atoms with van der Waals surface area (Å²) >= 11 is 0. The number of aromatic nitrogens is 4. The van der Waals surface area contributed by atoms with Crippen LogP contribution >= 0.6 is 0 Å². The third-order valence-electron chi connectivity index (χ3n) is 7.56. The average molecular weight is 612 g/mol. The Kier molecular flexibility index (Phi) is 13.7. The monoisotopic (exact) mass is 611 g/mol. The fourth-order valence-electron chi connectivity index (χ4n) is 5.02. The van der Waals surface area contributed by atoms with Gasteiger partial charge in [0.1, 0.15) is 12.6 Å². The molecular weight excluding hydrogens is 566 g/mol. The number of imidazole rings is 1. The van der Waals surface area contributed by atoms with Gasteiger partial charge in [0, 0.05) is 33.6 Å². The number of nitrogens with one attached hydrogen (secondary N) is 2. The maximum absolute atomic E-state index is 12.8. The molecule has 1 aromatic carbocycles. The standard InChI is InChI=1S/C31H45N7O6/c1-36-22-34-27-26(36)29(41)38(31(43)37(27)2)20-14-9-7-5-3-4-6-8-13-19-33-28(40)24(17-18-25(32)39)35-30(42)44-21-23-15-11-10-12-16-23/h10-12,15-16,22,24H,3-9,13-14,17-21H2,1-2H3,(H2,32,39)(H,33,40)(H,35,42). The lowest BCUT2D eigenvalue weighted by atomic mass is 10.1. The molecular formula is C31H45N7O6. The summed E-state index contributed by atoms with van der Waals surface area (Å²) in [5.74, 6) is -0.922. The first-order valence-corrected chi connectivity index (χ1v) is 15.3. The van der Waals surface area contributed by atoms with Crippen LogP contribution in [0.3, 0.4) is 0 Å². The molecule has 4 N–H and O–H groups in total. The van der Waals surface area contributed by atoms with Crippen molar-refractivity contribution in [3.63, 3.8) is 0 Å². The zero-order chi connectivity index (χ0) is 31.9. The second-order valence-corrected chi connectivity index (χ2v) is 11.1. The van der Waals surface area contributed by atoms with E-state index in [1.807, 2.05) is 30.3 Å². The Bertz CT molecular complexity index is 1490. The molecule has 0 spiro atoms. The van der Waals surface area contributed by atoms with E-state index in [9.17, 15) is 24.0 Å². The molecule has 3 amide bonds. The quantitative estimate of drug-likeness (QED) is 0.175. The number of amides is 3. The van der Waals surface area contributed by atoms with Gasteiger partial charge >= 0.3 is 11.8 Å². The van der Waals surface area contributed by atoms with E-state index in [-0.39, 0.29) is 36.6 Å². The number of hydrogen-bond acceptors (Lipinski definition) is 7. The molecule has 0 saturated heterocycles. The molecule has 13 heteroatoms. The number of nitrogens with two attached hydrogens (primary N) is 1. The number of primary amides is 1. The number of benzene rings is 1. The summed E-state index contributed by atoms with van der Waals surface area (Å²) in [6.07, 6.45) is 9.67. The van der Waals surface area contributed by atoms with Crippen molar-refractivity contribution in [2.45, 2.75) is 89.8 Å². The molecule has 0 radical (unpaired) electrons. The molecule has 240 valence electrons. The van der Waals surface area contributed by atoms with Crippen LogP contribution < -0.4 is 27.6 Å². The predicted octanol–water partition coefficient (Wildman–Crippen LogP) is 2.62. The van der Waals surface area contributed by atoms with Crippen LogP contribution in [-0.4, -0.2) is 49.2 Å². The molecule has 13 nitrogen and oxygen atoms in total. The lowest BCUT2D eigenvalue weighted by Crippen LogP contribution is -2.47. The van der Waals surface area contributed by atoms with Crippen molar-refractivity contribution in [1.29, 1.82) is 0 Å². The van der Waals surface area contributed by atoms with Crippen LogP contribution in [0, 0.1) is 0 Å². The van der Waals surface area contributed by atoms with Crippen molar-refractivity contribution in [3.05, 3.63) is 63.1 Å². The molecule has 1 atom stereocenters. The number of nitrogens with zero attached hydrogens (tertiary/aromatic N) is 4. The Hall–Kier alpha value is -4.42. The van der Waals surface area contributed by atoms with E-state index < -0.39 is 18.0 Å². The number of aryl methyl sites for hydroxylation is 2. The van der Waals surface area contributed by atoms with Gasteiger partial charge in [0.2, 0.25) is 11.8 Å². The number of ether oxygens (including phenoxy) is 1. The van der Waals surface area contributed by atoms with Gasteiger partial charge in [-0.05, 0) is 24.8 Å². The van der Waals surface area contributed by atoms with E-state index in [0.717, 1.165) is 63.4 Å². The Morgan fingerprint density at radius 1 is 0.932 bits per heavy atom. The van der Waals surface area contributed by atoms with E-state index in [1.165, 1.54) is 9.13 Å². The van der Waals surface area contributed by atoms with Gasteiger partial charge in [-0.2, -0.15) is 0 Å². The summed E-state index contributed by atoms with van der Waals surface area (Å²) in [7, 11) is 3.38. The van der Waals surface area contributed by atoms with E-state index in [1.54, 1.807) is 25.0 Å². The highest BCUT2D eigenvalue weighted by Crippen LogP contribution is 2.11. The summed E-state index contributed by atoms with van der Waals surface area (Å²) in [5.41, 5.74) is 6.26. The van der Waals surface area contributed by atoms with Crippen molar-refractivity contribution in [2.24, 2.45) is 19.8 Å². The van der Waals surface area contributed by atoms with Crippen LogP contribution in [0.15, 0.2) is 46.2 Å². The van der Waals surface area contributed by atoms with Gasteiger partial charge in [-0.15, -0.1) is 0 Å². The number of carbonyl (C=O) groups excluding carboxylic acids is 3. The summed E-state index contributed by atoms with van der Waals surface area (Å²) in [4.78, 5) is 65.6. The third-order valence-corrected chi connectivity index (χ3v) is 7.56. The second kappa shape index (κ2) is 17.6. The Morgan fingerprint density at radius 3 is 2.23 bits per heavy atom. The molecule has 3 rings (SSSR count). The van der Waals surface area contributed by atoms with Crippen LogP contribution in [0.25, 0.3) is 11.2 Å². The van der Waals surface area contributed by atoms with E-state index in [0.29, 0.717) is 24.3 Å². The zero-order valence-electron chi connectivity index (χ0n) is 25.8. The van der Waals surface area contributed by atoms with Crippen LogP contribution in [-0.2, 0) is 41.6 Å². The minimum Gasteiger partial charge on any atom is -0.445 e. The largest absolute Gasteiger partial charge is 0.445 e. The lowest BCUT2D eigenvalue weighted by molar-refractivity contribution is -0.123. The van der Waals surface area contributed by atoms with Crippen molar-refractivity contribution < 1.29 is 19.1 Å². The topological polar surface area (TPSA) is 172 Å². The predicted molar refractivity (Wildman–Crippen MR) is 167 cm³/mol. The van der Waals surface area contributed by atoms with E-state index in [2.05, 4.69) is 15.6 Å². The number of fused-ring (bicyclic) bond motifs is 1. The van der Waals surface area contributed by atoms with E-state index in [4.69, 9.17) is 10.5 Å². The Balaban J connectivity index is 1.25. The molecule has 0 aliphatic rings. The molecule has 0 aliphatic heterocycles. The molecule has 0 aliphatic carbocycles. The number of unbranched alkanes of at least 4 members (excludes halogenated alkanes) is 8. The number of alkyl carbamates (subject to hydrolysis) is 1. The molecule has 0 saturated carbocycles. The molecule has 0 fully saturated rings. The van der Waals surface area contributed by atoms with Crippen LogP contribution in [0.4, 0.5) is 4.79 Å². The van der Waals surface area contributed by atoms with Crippen LogP contribution in [0.1, 0.15) is 76.2 Å². The fraction of sp³-hybridized carbons (Fsp3) is 0.548. The van der Waals surface area contributed by atoms with Gasteiger partial charge in [-0.1, -0.05) is 75.3 Å². The third kappa shape index (κ3) is 10.4. The molecule has 2 heterocycles. The molecule has 2 aromatic heterocycles. The van der Waals surface area contributed by atoms with Crippen molar-refractivity contribution in [1.82, 2.24) is 29.3 Å². The number of rotatable bonds is 19. The zero-order valence-corrected chi connectivity index (χ0v) is 25.8. The van der Waals surface area contributed by atoms with Crippen molar-refractivity contribution in [3.8, 4) is 0 Å². The maximum Gasteiger partial charge on any atom is 0.408 e. The van der Waals surface area contributed by atoms with Gasteiger partial charge in [0.05, 0.1) is 6.33 Å². The highest BCUT2D eigenvalue weighted by atomic mass is 16.5. The van der Waals surface area contributed by atoms with Gasteiger partial charge in [0.15, 0.2) is 11.2 Å².